The van der Waals surface area contributed by atoms with Crippen molar-refractivity contribution in [2.75, 3.05) is 0 Å². The summed E-state index contributed by atoms with van der Waals surface area (Å²) in [6, 6.07) is 63.4. The summed E-state index contributed by atoms with van der Waals surface area (Å²) in [5.74, 6) is 5.24. The van der Waals surface area contributed by atoms with E-state index in [2.05, 4.69) is 170 Å². The van der Waals surface area contributed by atoms with E-state index in [0.717, 1.165) is 40.7 Å². The fourth-order valence-electron chi connectivity index (χ4n) is 12.7. The topological polar surface area (TPSA) is 9.23 Å². The van der Waals surface area contributed by atoms with Gasteiger partial charge in [-0.2, -0.15) is 0 Å². The van der Waals surface area contributed by atoms with Crippen LogP contribution in [-0.2, 0) is 10.8 Å². The predicted octanol–water partition coefficient (Wildman–Crippen LogP) is 13.2. The Morgan fingerprint density at radius 2 is 0.926 bits per heavy atom. The molecular formula is C53H42O. The van der Waals surface area contributed by atoms with Gasteiger partial charge in [-0.1, -0.05) is 152 Å². The number of para-hydroxylation sites is 1. The molecule has 4 fully saturated rings. The molecule has 0 amide bonds. The summed E-state index contributed by atoms with van der Waals surface area (Å²) in [5.41, 5.74) is 15.7. The van der Waals surface area contributed by atoms with Crippen molar-refractivity contribution in [1.29, 1.82) is 0 Å². The lowest BCUT2D eigenvalue weighted by Crippen LogP contribution is -2.55. The van der Waals surface area contributed by atoms with Crippen molar-refractivity contribution in [3.05, 3.63) is 203 Å². The quantitative estimate of drug-likeness (QED) is 0.178. The van der Waals surface area contributed by atoms with Crippen molar-refractivity contribution in [1.82, 2.24) is 0 Å². The van der Waals surface area contributed by atoms with Crippen molar-refractivity contribution in [3.63, 3.8) is 0 Å². The van der Waals surface area contributed by atoms with Crippen LogP contribution in [0, 0.1) is 23.7 Å². The molecule has 5 aliphatic carbocycles. The Bertz CT molecular complexity index is 2510. The Morgan fingerprint density at radius 3 is 1.63 bits per heavy atom. The molecule has 0 unspecified atom stereocenters. The van der Waals surface area contributed by atoms with Crippen molar-refractivity contribution >= 4 is 0 Å². The smallest absolute Gasteiger partial charge is 0.132 e. The number of rotatable bonds is 4. The molecule has 4 bridgehead atoms. The first-order valence-electron chi connectivity index (χ1n) is 20.1. The molecule has 7 aromatic carbocycles. The number of hydrogen-bond acceptors (Lipinski definition) is 1. The van der Waals surface area contributed by atoms with E-state index in [1.165, 1.54) is 82.2 Å². The number of ether oxygens (including phenoxy) is 1. The summed E-state index contributed by atoms with van der Waals surface area (Å²) in [5, 5.41) is 0. The van der Waals surface area contributed by atoms with Gasteiger partial charge in [0.25, 0.3) is 0 Å². The SMILES string of the molecule is c1ccc(C2(c3ccccc3)c3ccccc3Oc3ccc(-c4ccc(-c5cccc6c5-c5ccccc5C65C6CC7CC(C6)CC5C7)cc4)cc32)cc1. The molecule has 1 nitrogen and oxygen atoms in total. The minimum atomic E-state index is -0.533. The van der Waals surface area contributed by atoms with Crippen LogP contribution in [-0.4, -0.2) is 0 Å². The zero-order valence-corrected chi connectivity index (χ0v) is 30.4. The van der Waals surface area contributed by atoms with Gasteiger partial charge in [0.15, 0.2) is 0 Å². The summed E-state index contributed by atoms with van der Waals surface area (Å²) in [6.45, 7) is 0. The van der Waals surface area contributed by atoms with E-state index in [-0.39, 0.29) is 5.41 Å². The monoisotopic (exact) mass is 694 g/mol. The van der Waals surface area contributed by atoms with Gasteiger partial charge in [0, 0.05) is 16.5 Å². The highest BCUT2D eigenvalue weighted by Crippen LogP contribution is 2.70. The molecule has 1 heterocycles. The lowest BCUT2D eigenvalue weighted by molar-refractivity contribution is -0.0399. The number of benzene rings is 7. The van der Waals surface area contributed by atoms with E-state index in [1.807, 2.05) is 0 Å². The zero-order chi connectivity index (χ0) is 35.4. The third-order valence-corrected chi connectivity index (χ3v) is 14.4. The van der Waals surface area contributed by atoms with Crippen LogP contribution in [0.1, 0.15) is 65.5 Å². The second kappa shape index (κ2) is 11.4. The molecule has 0 aromatic heterocycles. The van der Waals surface area contributed by atoms with Gasteiger partial charge in [-0.3, -0.25) is 0 Å². The van der Waals surface area contributed by atoms with Crippen LogP contribution < -0.4 is 4.74 Å². The molecule has 1 spiro atoms. The lowest BCUT2D eigenvalue weighted by Gasteiger charge is -2.61. The second-order valence-corrected chi connectivity index (χ2v) is 16.8. The zero-order valence-electron chi connectivity index (χ0n) is 30.4. The summed E-state index contributed by atoms with van der Waals surface area (Å²) in [6.07, 6.45) is 7.12. The summed E-state index contributed by atoms with van der Waals surface area (Å²) >= 11 is 0. The Kier molecular flexibility index (Phi) is 6.51. The first kappa shape index (κ1) is 30.8. The minimum absolute atomic E-state index is 0.184. The second-order valence-electron chi connectivity index (χ2n) is 16.8. The molecule has 1 aliphatic heterocycles. The van der Waals surface area contributed by atoms with Crippen LogP contribution in [0.3, 0.4) is 0 Å². The van der Waals surface area contributed by atoms with Crippen molar-refractivity contribution in [3.8, 4) is 44.9 Å². The van der Waals surface area contributed by atoms with Gasteiger partial charge < -0.3 is 4.74 Å². The third kappa shape index (κ3) is 4.05. The summed E-state index contributed by atoms with van der Waals surface area (Å²) in [7, 11) is 0. The molecular weight excluding hydrogens is 653 g/mol. The molecule has 0 radical (unpaired) electrons. The van der Waals surface area contributed by atoms with E-state index in [4.69, 9.17) is 4.74 Å². The molecule has 54 heavy (non-hydrogen) atoms. The lowest BCUT2D eigenvalue weighted by atomic mass is 9.43. The minimum Gasteiger partial charge on any atom is -0.457 e. The molecule has 0 N–H and O–H groups in total. The Labute approximate surface area is 318 Å². The fourth-order valence-corrected chi connectivity index (χ4v) is 12.7. The van der Waals surface area contributed by atoms with Gasteiger partial charge in [0.05, 0.1) is 5.41 Å². The largest absolute Gasteiger partial charge is 0.457 e. The van der Waals surface area contributed by atoms with Gasteiger partial charge in [0.2, 0.25) is 0 Å². The maximum atomic E-state index is 6.70. The predicted molar refractivity (Wildman–Crippen MR) is 219 cm³/mol. The Morgan fingerprint density at radius 1 is 0.389 bits per heavy atom. The Hall–Kier alpha value is -5.66. The highest BCUT2D eigenvalue weighted by molar-refractivity contribution is 5.93. The molecule has 260 valence electrons. The van der Waals surface area contributed by atoms with Crippen LogP contribution in [0.5, 0.6) is 11.5 Å². The maximum absolute atomic E-state index is 6.70. The van der Waals surface area contributed by atoms with Crippen LogP contribution >= 0.6 is 0 Å². The third-order valence-electron chi connectivity index (χ3n) is 14.4. The van der Waals surface area contributed by atoms with Gasteiger partial charge in [0.1, 0.15) is 11.5 Å². The molecule has 7 aromatic rings. The Balaban J connectivity index is 0.990. The van der Waals surface area contributed by atoms with Gasteiger partial charge in [-0.05, 0) is 130 Å². The molecule has 0 atom stereocenters. The van der Waals surface area contributed by atoms with Crippen molar-refractivity contribution in [2.24, 2.45) is 23.7 Å². The van der Waals surface area contributed by atoms with Crippen LogP contribution in [0.4, 0.5) is 0 Å². The standard InChI is InChI=1S/C53H42O/c1-3-12-39(13-4-1)52(40-14-5-2-6-15-40)46-19-9-10-21-49(46)54-50-27-26-38(33-48(50)52)36-22-24-37(25-23-36)43-17-11-20-47-51(43)44-16-7-8-18-45(44)53(47)41-29-34-28-35(31-41)32-42(53)30-34/h1-27,33-35,41-42H,28-32H2. The average molecular weight is 695 g/mol. The highest BCUT2D eigenvalue weighted by atomic mass is 16.5. The first-order valence-corrected chi connectivity index (χ1v) is 20.1. The average Bonchev–Trinajstić information content (AvgIpc) is 3.53. The fraction of sp³-hybridized carbons (Fsp3) is 0.208. The maximum Gasteiger partial charge on any atom is 0.132 e. The van der Waals surface area contributed by atoms with Crippen LogP contribution in [0.25, 0.3) is 33.4 Å². The highest BCUT2D eigenvalue weighted by Gasteiger charge is 2.61. The van der Waals surface area contributed by atoms with E-state index in [9.17, 15) is 0 Å². The molecule has 6 aliphatic rings. The number of hydrogen-bond donors (Lipinski definition) is 0. The summed E-state index contributed by atoms with van der Waals surface area (Å²) < 4.78 is 6.70. The van der Waals surface area contributed by atoms with E-state index < -0.39 is 5.41 Å². The van der Waals surface area contributed by atoms with Crippen LogP contribution in [0.15, 0.2) is 170 Å². The van der Waals surface area contributed by atoms with Gasteiger partial charge in [-0.15, -0.1) is 0 Å². The molecule has 1 heteroatoms. The normalized spacial score (nSPS) is 24.7. The molecule has 13 rings (SSSR count). The first-order chi connectivity index (χ1) is 26.7. The van der Waals surface area contributed by atoms with E-state index >= 15 is 0 Å². The molecule has 0 saturated heterocycles. The van der Waals surface area contributed by atoms with Crippen LogP contribution in [0.2, 0.25) is 0 Å². The summed E-state index contributed by atoms with van der Waals surface area (Å²) in [4.78, 5) is 0. The number of fused-ring (bicyclic) bond motifs is 5. The van der Waals surface area contributed by atoms with Crippen molar-refractivity contribution in [2.45, 2.75) is 42.9 Å². The van der Waals surface area contributed by atoms with E-state index in [1.54, 1.807) is 11.1 Å². The van der Waals surface area contributed by atoms with Gasteiger partial charge in [-0.25, -0.2) is 0 Å². The van der Waals surface area contributed by atoms with E-state index in [0.29, 0.717) is 0 Å². The van der Waals surface area contributed by atoms with Crippen molar-refractivity contribution < 1.29 is 4.74 Å². The van der Waals surface area contributed by atoms with Gasteiger partial charge >= 0.3 is 0 Å². The molecule has 4 saturated carbocycles.